The molecule has 4 rings (SSSR count). The van der Waals surface area contributed by atoms with Crippen LogP contribution in [0, 0.1) is 0 Å². The summed E-state index contributed by atoms with van der Waals surface area (Å²) in [7, 11) is 0. The van der Waals surface area contributed by atoms with Crippen molar-refractivity contribution in [3.8, 4) is 0 Å². The Balaban J connectivity index is 1.80. The van der Waals surface area contributed by atoms with Gasteiger partial charge in [0.1, 0.15) is 0 Å². The van der Waals surface area contributed by atoms with Crippen LogP contribution < -0.4 is 5.32 Å². The third kappa shape index (κ3) is 2.49. The van der Waals surface area contributed by atoms with E-state index in [-0.39, 0.29) is 17.7 Å². The van der Waals surface area contributed by atoms with Crippen LogP contribution in [0.3, 0.4) is 0 Å². The maximum Gasteiger partial charge on any atom is 0.228 e. The first-order valence-electron chi connectivity index (χ1n) is 7.75. The highest BCUT2D eigenvalue weighted by atomic mass is 35.5. The van der Waals surface area contributed by atoms with E-state index in [0.717, 1.165) is 21.5 Å². The van der Waals surface area contributed by atoms with Gasteiger partial charge in [0.15, 0.2) is 0 Å². The van der Waals surface area contributed by atoms with Gasteiger partial charge in [-0.1, -0.05) is 72.3 Å². The second kappa shape index (κ2) is 5.71. The van der Waals surface area contributed by atoms with Crippen molar-refractivity contribution < 1.29 is 4.79 Å². The minimum absolute atomic E-state index is 0.0670. The van der Waals surface area contributed by atoms with Gasteiger partial charge in [-0.05, 0) is 28.0 Å². The average Bonchev–Trinajstić information content (AvgIpc) is 2.96. The van der Waals surface area contributed by atoms with E-state index >= 15 is 0 Å². The van der Waals surface area contributed by atoms with Crippen LogP contribution in [0.1, 0.15) is 23.0 Å². The van der Waals surface area contributed by atoms with Crippen LogP contribution in [0.4, 0.5) is 0 Å². The smallest absolute Gasteiger partial charge is 0.228 e. The molecule has 0 radical (unpaired) electrons. The molecule has 1 fully saturated rings. The quantitative estimate of drug-likeness (QED) is 0.740. The zero-order valence-corrected chi connectivity index (χ0v) is 13.3. The molecule has 2 unspecified atom stereocenters. The molecule has 0 aromatic heterocycles. The molecule has 1 aliphatic heterocycles. The molecule has 114 valence electrons. The highest BCUT2D eigenvalue weighted by Gasteiger charge is 2.37. The van der Waals surface area contributed by atoms with Gasteiger partial charge < -0.3 is 5.32 Å². The number of hydrogen-bond acceptors (Lipinski definition) is 1. The molecule has 0 aliphatic carbocycles. The fourth-order valence-corrected chi connectivity index (χ4v) is 3.75. The lowest BCUT2D eigenvalue weighted by molar-refractivity contribution is -0.120. The predicted molar refractivity (Wildman–Crippen MR) is 93.9 cm³/mol. The average molecular weight is 322 g/mol. The number of carbonyl (C=O) groups is 1. The van der Waals surface area contributed by atoms with Gasteiger partial charge in [-0.15, -0.1) is 0 Å². The van der Waals surface area contributed by atoms with E-state index in [2.05, 4.69) is 35.6 Å². The maximum absolute atomic E-state index is 12.5. The summed E-state index contributed by atoms with van der Waals surface area (Å²) in [6.07, 6.45) is 0. The predicted octanol–water partition coefficient (Wildman–Crippen LogP) is 4.49. The molecule has 0 saturated carbocycles. The van der Waals surface area contributed by atoms with E-state index < -0.39 is 0 Å². The van der Waals surface area contributed by atoms with E-state index in [4.69, 9.17) is 11.6 Å². The first-order valence-corrected chi connectivity index (χ1v) is 8.12. The Kier molecular flexibility index (Phi) is 3.55. The van der Waals surface area contributed by atoms with Crippen molar-refractivity contribution in [2.45, 2.75) is 11.8 Å². The molecule has 0 bridgehead atoms. The summed E-state index contributed by atoms with van der Waals surface area (Å²) in [5.41, 5.74) is 2.08. The van der Waals surface area contributed by atoms with Crippen molar-refractivity contribution in [2.24, 2.45) is 0 Å². The van der Waals surface area contributed by atoms with Crippen LogP contribution in [0.25, 0.3) is 10.8 Å². The Morgan fingerprint density at radius 2 is 1.65 bits per heavy atom. The van der Waals surface area contributed by atoms with Gasteiger partial charge in [0.2, 0.25) is 5.91 Å². The Hall–Kier alpha value is -2.32. The number of rotatable bonds is 2. The molecule has 1 saturated heterocycles. The molecule has 0 spiro atoms. The summed E-state index contributed by atoms with van der Waals surface area (Å²) < 4.78 is 0. The first kappa shape index (κ1) is 14.3. The van der Waals surface area contributed by atoms with Gasteiger partial charge in [-0.2, -0.15) is 0 Å². The van der Waals surface area contributed by atoms with Crippen molar-refractivity contribution in [1.29, 1.82) is 0 Å². The topological polar surface area (TPSA) is 29.1 Å². The lowest BCUT2D eigenvalue weighted by Gasteiger charge is -2.19. The number of amides is 1. The molecule has 23 heavy (non-hydrogen) atoms. The van der Waals surface area contributed by atoms with Crippen molar-refractivity contribution >= 4 is 28.3 Å². The molecule has 3 aromatic rings. The number of fused-ring (bicyclic) bond motifs is 1. The van der Waals surface area contributed by atoms with E-state index in [1.807, 2.05) is 36.4 Å². The molecule has 1 amide bonds. The maximum atomic E-state index is 12.5. The standard InChI is InChI=1S/C20H16ClNO/c21-18-8-4-3-7-16(18)17-12-22-20(23)19(17)15-10-9-13-5-1-2-6-14(13)11-15/h1-11,17,19H,12H2,(H,22,23). The molecule has 1 heterocycles. The fraction of sp³-hybridized carbons (Fsp3) is 0.150. The molecule has 2 atom stereocenters. The minimum atomic E-state index is -0.195. The lowest BCUT2D eigenvalue weighted by atomic mass is 9.83. The van der Waals surface area contributed by atoms with Gasteiger partial charge in [0, 0.05) is 17.5 Å². The van der Waals surface area contributed by atoms with Crippen LogP contribution in [0.5, 0.6) is 0 Å². The minimum Gasteiger partial charge on any atom is -0.355 e. The van der Waals surface area contributed by atoms with E-state index in [1.165, 1.54) is 5.39 Å². The highest BCUT2D eigenvalue weighted by molar-refractivity contribution is 6.31. The summed E-state index contributed by atoms with van der Waals surface area (Å²) in [6.45, 7) is 0.625. The zero-order valence-electron chi connectivity index (χ0n) is 12.5. The van der Waals surface area contributed by atoms with E-state index in [1.54, 1.807) is 0 Å². The summed E-state index contributed by atoms with van der Waals surface area (Å²) >= 11 is 6.36. The second-order valence-corrected chi connectivity index (χ2v) is 6.36. The van der Waals surface area contributed by atoms with Gasteiger partial charge in [-0.3, -0.25) is 4.79 Å². The second-order valence-electron chi connectivity index (χ2n) is 5.96. The van der Waals surface area contributed by atoms with E-state index in [0.29, 0.717) is 6.54 Å². The normalized spacial score (nSPS) is 20.7. The molecule has 3 aromatic carbocycles. The zero-order chi connectivity index (χ0) is 15.8. The largest absolute Gasteiger partial charge is 0.355 e. The van der Waals surface area contributed by atoms with Crippen molar-refractivity contribution in [2.75, 3.05) is 6.54 Å². The van der Waals surface area contributed by atoms with Crippen LogP contribution in [-0.4, -0.2) is 12.5 Å². The fourth-order valence-electron chi connectivity index (χ4n) is 3.47. The number of halogens is 1. The lowest BCUT2D eigenvalue weighted by Crippen LogP contribution is -2.18. The number of carbonyl (C=O) groups excluding carboxylic acids is 1. The van der Waals surface area contributed by atoms with Gasteiger partial charge >= 0.3 is 0 Å². The Labute approximate surface area is 140 Å². The molecular weight excluding hydrogens is 306 g/mol. The molecule has 3 heteroatoms. The van der Waals surface area contributed by atoms with Crippen molar-refractivity contribution in [3.05, 3.63) is 82.9 Å². The SMILES string of the molecule is O=C1NCC(c2ccccc2Cl)C1c1ccc2ccccc2c1. The molecule has 2 nitrogen and oxygen atoms in total. The summed E-state index contributed by atoms with van der Waals surface area (Å²) in [5, 5.41) is 6.06. The van der Waals surface area contributed by atoms with Crippen LogP contribution in [0.2, 0.25) is 5.02 Å². The Bertz CT molecular complexity index is 889. The van der Waals surface area contributed by atoms with Crippen molar-refractivity contribution in [3.63, 3.8) is 0 Å². The van der Waals surface area contributed by atoms with Crippen LogP contribution in [0.15, 0.2) is 66.7 Å². The third-order valence-corrected chi connectivity index (χ3v) is 4.96. The Morgan fingerprint density at radius 3 is 2.48 bits per heavy atom. The monoisotopic (exact) mass is 321 g/mol. The number of nitrogens with one attached hydrogen (secondary N) is 1. The van der Waals surface area contributed by atoms with Gasteiger partial charge in [-0.25, -0.2) is 0 Å². The summed E-state index contributed by atoms with van der Waals surface area (Å²) in [5.74, 6) is -0.0536. The molecule has 1 aliphatic rings. The van der Waals surface area contributed by atoms with Gasteiger partial charge in [0.05, 0.1) is 5.92 Å². The third-order valence-electron chi connectivity index (χ3n) is 4.62. The number of hydrogen-bond donors (Lipinski definition) is 1. The first-order chi connectivity index (χ1) is 11.2. The van der Waals surface area contributed by atoms with E-state index in [9.17, 15) is 4.79 Å². The highest BCUT2D eigenvalue weighted by Crippen LogP contribution is 2.40. The Morgan fingerprint density at radius 1 is 0.913 bits per heavy atom. The van der Waals surface area contributed by atoms with Crippen LogP contribution >= 0.6 is 11.6 Å². The molecular formula is C20H16ClNO. The van der Waals surface area contributed by atoms with Crippen LogP contribution in [-0.2, 0) is 4.79 Å². The summed E-state index contributed by atoms with van der Waals surface area (Å²) in [4.78, 5) is 12.5. The summed E-state index contributed by atoms with van der Waals surface area (Å²) in [6, 6.07) is 22.3. The van der Waals surface area contributed by atoms with Crippen molar-refractivity contribution in [1.82, 2.24) is 5.32 Å². The number of benzene rings is 3. The van der Waals surface area contributed by atoms with Gasteiger partial charge in [0.25, 0.3) is 0 Å². The molecule has 1 N–H and O–H groups in total.